The van der Waals surface area contributed by atoms with Crippen LogP contribution in [0.5, 0.6) is 5.75 Å². The number of aromatic nitrogens is 2. The molecule has 2 aromatic carbocycles. The van der Waals surface area contributed by atoms with E-state index in [4.69, 9.17) is 21.3 Å². The van der Waals surface area contributed by atoms with Crippen molar-refractivity contribution >= 4 is 44.9 Å². The Morgan fingerprint density at radius 1 is 1.19 bits per heavy atom. The number of thiophene rings is 1. The summed E-state index contributed by atoms with van der Waals surface area (Å²) in [4.78, 5) is 22.4. The van der Waals surface area contributed by atoms with Gasteiger partial charge in [-0.3, -0.25) is 9.36 Å². The minimum Gasteiger partial charge on any atom is -0.497 e. The van der Waals surface area contributed by atoms with Crippen LogP contribution in [0.2, 0.25) is 5.02 Å². The number of thioether (sulfide) groups is 1. The van der Waals surface area contributed by atoms with E-state index in [2.05, 4.69) is 7.05 Å². The molecule has 0 bridgehead atoms. The summed E-state index contributed by atoms with van der Waals surface area (Å²) in [7, 11) is 3.84. The van der Waals surface area contributed by atoms with Gasteiger partial charge in [-0.2, -0.15) is 0 Å². The molecule has 1 N–H and O–H groups in total. The lowest BCUT2D eigenvalue weighted by Gasteiger charge is -2.19. The Bertz CT molecular complexity index is 1330. The largest absolute Gasteiger partial charge is 0.497 e. The zero-order chi connectivity index (χ0) is 22.2. The van der Waals surface area contributed by atoms with Gasteiger partial charge in [0.1, 0.15) is 17.1 Å². The number of ether oxygens (including phenoxy) is 1. The maximum absolute atomic E-state index is 13.8. The predicted octanol–water partition coefficient (Wildman–Crippen LogP) is 3.97. The van der Waals surface area contributed by atoms with E-state index in [-0.39, 0.29) is 5.56 Å². The molecule has 1 atom stereocenters. The van der Waals surface area contributed by atoms with E-state index in [0.29, 0.717) is 15.9 Å². The number of likely N-dealkylation sites (N-methyl/N-ethyl adjacent to an activating group) is 1. The minimum absolute atomic E-state index is 0.0100. The molecule has 5 rings (SSSR count). The van der Waals surface area contributed by atoms with Gasteiger partial charge in [-0.25, -0.2) is 4.98 Å². The standard InChI is InChI=1S/C24H22ClN3O2S2/c1-27-12-11-19-20(13-27)32-22-21(19)23(29)28(17-7-9-18(30-2)10-8-17)24(26-22)31-14-15-3-5-16(25)6-4-15/h3-10H,11-14H2,1-2H3/p+1. The van der Waals surface area contributed by atoms with Gasteiger partial charge in [-0.1, -0.05) is 35.5 Å². The first-order valence-corrected chi connectivity index (χ1v) is 12.6. The first-order chi connectivity index (χ1) is 15.5. The van der Waals surface area contributed by atoms with Crippen molar-refractivity contribution in [2.45, 2.75) is 23.9 Å². The lowest BCUT2D eigenvalue weighted by atomic mass is 10.1. The molecule has 5 nitrogen and oxygen atoms in total. The molecule has 0 fully saturated rings. The Labute approximate surface area is 199 Å². The maximum atomic E-state index is 13.8. The number of quaternary nitrogens is 1. The SMILES string of the molecule is COc1ccc(-n2c(SCc3ccc(Cl)cc3)nc3sc4c(c3c2=O)CC[NH+](C)C4)cc1. The third kappa shape index (κ3) is 4.06. The second-order valence-electron chi connectivity index (χ2n) is 7.97. The van der Waals surface area contributed by atoms with Crippen LogP contribution >= 0.6 is 34.7 Å². The first-order valence-electron chi connectivity index (χ1n) is 10.4. The van der Waals surface area contributed by atoms with Gasteiger partial charge in [0.15, 0.2) is 5.16 Å². The number of hydrogen-bond donors (Lipinski definition) is 1. The van der Waals surface area contributed by atoms with E-state index in [9.17, 15) is 4.79 Å². The van der Waals surface area contributed by atoms with Crippen molar-refractivity contribution in [2.24, 2.45) is 0 Å². The molecule has 1 aliphatic rings. The van der Waals surface area contributed by atoms with Crippen molar-refractivity contribution in [3.63, 3.8) is 0 Å². The van der Waals surface area contributed by atoms with Crippen LogP contribution in [-0.2, 0) is 18.7 Å². The molecule has 4 aromatic rings. The van der Waals surface area contributed by atoms with Crippen LogP contribution in [-0.4, -0.2) is 30.3 Å². The van der Waals surface area contributed by atoms with Gasteiger partial charge in [-0.05, 0) is 47.5 Å². The molecule has 0 radical (unpaired) electrons. The first kappa shape index (κ1) is 21.5. The van der Waals surface area contributed by atoms with Gasteiger partial charge in [0.05, 0.1) is 36.7 Å². The average molecular weight is 485 g/mol. The molecular formula is C24H23ClN3O2S2+. The molecular weight excluding hydrogens is 462 g/mol. The highest BCUT2D eigenvalue weighted by Crippen LogP contribution is 2.32. The van der Waals surface area contributed by atoms with Gasteiger partial charge >= 0.3 is 0 Å². The van der Waals surface area contributed by atoms with E-state index in [1.54, 1.807) is 34.8 Å². The van der Waals surface area contributed by atoms with E-state index in [0.717, 1.165) is 46.7 Å². The summed E-state index contributed by atoms with van der Waals surface area (Å²) in [6.45, 7) is 1.99. The fourth-order valence-electron chi connectivity index (χ4n) is 4.03. The van der Waals surface area contributed by atoms with Crippen molar-refractivity contribution < 1.29 is 9.64 Å². The zero-order valence-electron chi connectivity index (χ0n) is 17.9. The summed E-state index contributed by atoms with van der Waals surface area (Å²) in [6.07, 6.45) is 0.915. The molecule has 0 aliphatic carbocycles. The Balaban J connectivity index is 1.64. The summed E-state index contributed by atoms with van der Waals surface area (Å²) < 4.78 is 7.05. The number of nitrogens with zero attached hydrogens (tertiary/aromatic N) is 2. The van der Waals surface area contributed by atoms with Crippen molar-refractivity contribution in [1.29, 1.82) is 0 Å². The van der Waals surface area contributed by atoms with Gasteiger partial charge in [0.2, 0.25) is 0 Å². The highest BCUT2D eigenvalue weighted by molar-refractivity contribution is 7.98. The molecule has 32 heavy (non-hydrogen) atoms. The van der Waals surface area contributed by atoms with E-state index >= 15 is 0 Å². The van der Waals surface area contributed by atoms with Gasteiger partial charge in [0.25, 0.3) is 5.56 Å². The molecule has 164 valence electrons. The minimum atomic E-state index is 0.0100. The molecule has 1 aliphatic heterocycles. The summed E-state index contributed by atoms with van der Waals surface area (Å²) in [5, 5.41) is 2.19. The lowest BCUT2D eigenvalue weighted by molar-refractivity contribution is -0.895. The monoisotopic (exact) mass is 484 g/mol. The predicted molar refractivity (Wildman–Crippen MR) is 132 cm³/mol. The summed E-state index contributed by atoms with van der Waals surface area (Å²) in [5.41, 5.74) is 3.12. The van der Waals surface area contributed by atoms with Crippen LogP contribution in [0.1, 0.15) is 16.0 Å². The van der Waals surface area contributed by atoms with Gasteiger partial charge in [0, 0.05) is 17.2 Å². The second kappa shape index (κ2) is 8.90. The van der Waals surface area contributed by atoms with Crippen LogP contribution in [0.3, 0.4) is 0 Å². The van der Waals surface area contributed by atoms with Crippen LogP contribution in [0.15, 0.2) is 58.5 Å². The van der Waals surface area contributed by atoms with Gasteiger partial charge in [-0.15, -0.1) is 11.3 Å². The molecule has 0 saturated carbocycles. The average Bonchev–Trinajstić information content (AvgIpc) is 3.16. The Morgan fingerprint density at radius 3 is 2.66 bits per heavy atom. The van der Waals surface area contributed by atoms with Gasteiger partial charge < -0.3 is 9.64 Å². The molecule has 0 amide bonds. The summed E-state index contributed by atoms with van der Waals surface area (Å²) in [5.74, 6) is 1.45. The van der Waals surface area contributed by atoms with Crippen LogP contribution < -0.4 is 15.2 Å². The lowest BCUT2D eigenvalue weighted by Crippen LogP contribution is -3.08. The number of halogens is 1. The maximum Gasteiger partial charge on any atom is 0.267 e. The van der Waals surface area contributed by atoms with Crippen molar-refractivity contribution in [2.75, 3.05) is 20.7 Å². The number of nitrogens with one attached hydrogen (secondary N) is 1. The Hall–Kier alpha value is -2.32. The van der Waals surface area contributed by atoms with Crippen LogP contribution in [0.25, 0.3) is 15.9 Å². The fraction of sp³-hybridized carbons (Fsp3) is 0.250. The highest BCUT2D eigenvalue weighted by atomic mass is 35.5. The Kier molecular flexibility index (Phi) is 5.99. The third-order valence-electron chi connectivity index (χ3n) is 5.75. The van der Waals surface area contributed by atoms with Crippen LogP contribution in [0, 0.1) is 0 Å². The normalized spacial score (nSPS) is 15.7. The molecule has 1 unspecified atom stereocenters. The number of hydrogen-bond acceptors (Lipinski definition) is 5. The summed E-state index contributed by atoms with van der Waals surface area (Å²) >= 11 is 9.26. The molecule has 3 heterocycles. The fourth-order valence-corrected chi connectivity index (χ4v) is 6.49. The second-order valence-corrected chi connectivity index (χ2v) is 10.4. The number of benzene rings is 2. The smallest absolute Gasteiger partial charge is 0.267 e. The number of rotatable bonds is 5. The number of methoxy groups -OCH3 is 1. The molecule has 2 aromatic heterocycles. The molecule has 0 spiro atoms. The summed E-state index contributed by atoms with van der Waals surface area (Å²) in [6, 6.07) is 15.4. The Morgan fingerprint density at radius 2 is 1.94 bits per heavy atom. The van der Waals surface area contributed by atoms with Crippen molar-refractivity contribution in [3.05, 3.63) is 79.9 Å². The van der Waals surface area contributed by atoms with Crippen LogP contribution in [0.4, 0.5) is 0 Å². The molecule has 0 saturated heterocycles. The van der Waals surface area contributed by atoms with Crippen molar-refractivity contribution in [1.82, 2.24) is 9.55 Å². The van der Waals surface area contributed by atoms with E-state index in [1.165, 1.54) is 15.3 Å². The quantitative estimate of drug-likeness (QED) is 0.344. The number of fused-ring (bicyclic) bond motifs is 3. The van der Waals surface area contributed by atoms with E-state index in [1.807, 2.05) is 48.5 Å². The third-order valence-corrected chi connectivity index (χ3v) is 8.14. The highest BCUT2D eigenvalue weighted by Gasteiger charge is 2.26. The molecule has 8 heteroatoms. The zero-order valence-corrected chi connectivity index (χ0v) is 20.2. The topological polar surface area (TPSA) is 48.6 Å². The van der Waals surface area contributed by atoms with E-state index < -0.39 is 0 Å². The van der Waals surface area contributed by atoms with Crippen molar-refractivity contribution in [3.8, 4) is 11.4 Å².